The van der Waals surface area contributed by atoms with E-state index in [1.54, 1.807) is 0 Å². The fraction of sp³-hybridized carbons (Fsp3) is 0.438. The number of amides is 1. The molecule has 1 heterocycles. The summed E-state index contributed by atoms with van der Waals surface area (Å²) >= 11 is 0. The molecular weight excluding hydrogens is 272 g/mol. The predicted molar refractivity (Wildman–Crippen MR) is 82.6 cm³/mol. The fourth-order valence-corrected chi connectivity index (χ4v) is 3.19. The monoisotopic (exact) mass is 292 g/mol. The lowest BCUT2D eigenvalue weighted by atomic mass is 9.86. The number of halogens is 1. The molecule has 0 bridgehead atoms. The summed E-state index contributed by atoms with van der Waals surface area (Å²) in [5.74, 6) is 1.34. The fourth-order valence-electron chi connectivity index (χ4n) is 3.19. The molecular formula is C16H21ClN2O. The number of hydrogen-bond donors (Lipinski definition) is 1. The van der Waals surface area contributed by atoms with E-state index < -0.39 is 6.04 Å². The standard InChI is InChI=1S/C16H20N2O.ClH/c17-15(12-6-2-1-3-7-12)16(19)18-10-13-8-4-5-9-14(13)11-18;/h1-7,13-15H,8-11,17H2;1H. The van der Waals surface area contributed by atoms with Gasteiger partial charge in [0.05, 0.1) is 0 Å². The number of allylic oxidation sites excluding steroid dienone is 2. The topological polar surface area (TPSA) is 46.3 Å². The third-order valence-electron chi connectivity index (χ3n) is 4.36. The average Bonchev–Trinajstić information content (AvgIpc) is 2.90. The maximum atomic E-state index is 12.5. The molecule has 3 unspecified atom stereocenters. The van der Waals surface area contributed by atoms with Gasteiger partial charge in [-0.05, 0) is 30.2 Å². The van der Waals surface area contributed by atoms with Gasteiger partial charge < -0.3 is 10.6 Å². The van der Waals surface area contributed by atoms with Crippen LogP contribution < -0.4 is 5.73 Å². The van der Waals surface area contributed by atoms with Crippen LogP contribution >= 0.6 is 12.4 Å². The van der Waals surface area contributed by atoms with E-state index in [-0.39, 0.29) is 18.3 Å². The van der Waals surface area contributed by atoms with E-state index in [9.17, 15) is 4.79 Å². The summed E-state index contributed by atoms with van der Waals surface area (Å²) in [6.45, 7) is 1.74. The van der Waals surface area contributed by atoms with E-state index in [1.807, 2.05) is 35.2 Å². The van der Waals surface area contributed by atoms with Crippen LogP contribution in [0.2, 0.25) is 0 Å². The first kappa shape index (κ1) is 15.1. The van der Waals surface area contributed by atoms with E-state index in [4.69, 9.17) is 5.73 Å². The number of carbonyl (C=O) groups is 1. The zero-order valence-electron chi connectivity index (χ0n) is 11.4. The third kappa shape index (κ3) is 2.89. The maximum Gasteiger partial charge on any atom is 0.244 e. The summed E-state index contributed by atoms with van der Waals surface area (Å²) < 4.78 is 0. The number of benzene rings is 1. The Bertz CT molecular complexity index is 473. The molecule has 1 aliphatic heterocycles. The molecule has 1 fully saturated rings. The van der Waals surface area contributed by atoms with Crippen molar-refractivity contribution in [1.29, 1.82) is 0 Å². The molecule has 3 atom stereocenters. The van der Waals surface area contributed by atoms with Gasteiger partial charge in [0.25, 0.3) is 0 Å². The molecule has 20 heavy (non-hydrogen) atoms. The van der Waals surface area contributed by atoms with Crippen LogP contribution in [-0.2, 0) is 4.79 Å². The highest BCUT2D eigenvalue weighted by molar-refractivity contribution is 5.85. The van der Waals surface area contributed by atoms with E-state index in [0.29, 0.717) is 11.8 Å². The van der Waals surface area contributed by atoms with Crippen LogP contribution in [0.5, 0.6) is 0 Å². The van der Waals surface area contributed by atoms with E-state index in [1.165, 1.54) is 0 Å². The minimum atomic E-state index is -0.519. The Balaban J connectivity index is 0.00000147. The molecule has 1 saturated heterocycles. The molecule has 0 spiro atoms. The quantitative estimate of drug-likeness (QED) is 0.852. The third-order valence-corrected chi connectivity index (χ3v) is 4.36. The molecule has 0 aromatic heterocycles. The van der Waals surface area contributed by atoms with Gasteiger partial charge in [0, 0.05) is 13.1 Å². The van der Waals surface area contributed by atoms with Crippen molar-refractivity contribution >= 4 is 18.3 Å². The molecule has 1 amide bonds. The molecule has 1 aromatic carbocycles. The first-order valence-corrected chi connectivity index (χ1v) is 7.00. The molecule has 0 radical (unpaired) electrons. The second kappa shape index (κ2) is 6.42. The van der Waals surface area contributed by atoms with Crippen molar-refractivity contribution in [2.75, 3.05) is 13.1 Å². The molecule has 3 rings (SSSR count). The van der Waals surface area contributed by atoms with Gasteiger partial charge in [-0.15, -0.1) is 12.4 Å². The van der Waals surface area contributed by atoms with Gasteiger partial charge in [0.15, 0.2) is 0 Å². The number of carbonyl (C=O) groups excluding carboxylic acids is 1. The van der Waals surface area contributed by atoms with Crippen LogP contribution in [0.4, 0.5) is 0 Å². The molecule has 0 saturated carbocycles. The zero-order chi connectivity index (χ0) is 13.2. The van der Waals surface area contributed by atoms with Crippen molar-refractivity contribution in [3.8, 4) is 0 Å². The number of nitrogens with zero attached hydrogens (tertiary/aromatic N) is 1. The van der Waals surface area contributed by atoms with Crippen LogP contribution in [0.25, 0.3) is 0 Å². The van der Waals surface area contributed by atoms with Gasteiger partial charge in [0.2, 0.25) is 5.91 Å². The van der Waals surface area contributed by atoms with Gasteiger partial charge in [-0.25, -0.2) is 0 Å². The Hall–Kier alpha value is -1.32. The van der Waals surface area contributed by atoms with Crippen molar-refractivity contribution in [1.82, 2.24) is 4.90 Å². The van der Waals surface area contributed by atoms with Crippen molar-refractivity contribution in [3.05, 3.63) is 48.0 Å². The Kier molecular flexibility index (Phi) is 4.84. The average molecular weight is 293 g/mol. The summed E-state index contributed by atoms with van der Waals surface area (Å²) in [6, 6.07) is 9.12. The van der Waals surface area contributed by atoms with Crippen molar-refractivity contribution < 1.29 is 4.79 Å². The predicted octanol–water partition coefficient (Wildman–Crippen LogP) is 2.53. The molecule has 108 valence electrons. The normalized spacial score (nSPS) is 25.8. The van der Waals surface area contributed by atoms with Gasteiger partial charge in [-0.1, -0.05) is 42.5 Å². The first-order valence-electron chi connectivity index (χ1n) is 7.00. The molecule has 1 aromatic rings. The van der Waals surface area contributed by atoms with E-state index >= 15 is 0 Å². The van der Waals surface area contributed by atoms with Crippen LogP contribution in [0.1, 0.15) is 24.4 Å². The van der Waals surface area contributed by atoms with Gasteiger partial charge >= 0.3 is 0 Å². The molecule has 2 N–H and O–H groups in total. The second-order valence-corrected chi connectivity index (χ2v) is 5.59. The number of nitrogens with two attached hydrogens (primary N) is 1. The number of rotatable bonds is 2. The van der Waals surface area contributed by atoms with Gasteiger partial charge in [-0.3, -0.25) is 4.79 Å². The largest absolute Gasteiger partial charge is 0.340 e. The smallest absolute Gasteiger partial charge is 0.244 e. The summed E-state index contributed by atoms with van der Waals surface area (Å²) in [6.07, 6.45) is 6.70. The van der Waals surface area contributed by atoms with Crippen molar-refractivity contribution in [2.24, 2.45) is 17.6 Å². The summed E-state index contributed by atoms with van der Waals surface area (Å²) in [4.78, 5) is 14.4. The lowest BCUT2D eigenvalue weighted by Crippen LogP contribution is -2.37. The number of likely N-dealkylation sites (tertiary alicyclic amines) is 1. The summed E-state index contributed by atoms with van der Waals surface area (Å²) in [5, 5.41) is 0. The van der Waals surface area contributed by atoms with Crippen LogP contribution in [-0.4, -0.2) is 23.9 Å². The SMILES string of the molecule is Cl.NC(C(=O)N1CC2CC=CCC2C1)c1ccccc1. The number of hydrogen-bond acceptors (Lipinski definition) is 2. The molecule has 3 nitrogen and oxygen atoms in total. The Morgan fingerprint density at radius 2 is 1.65 bits per heavy atom. The highest BCUT2D eigenvalue weighted by atomic mass is 35.5. The van der Waals surface area contributed by atoms with Gasteiger partial charge in [-0.2, -0.15) is 0 Å². The lowest BCUT2D eigenvalue weighted by Gasteiger charge is -2.21. The number of fused-ring (bicyclic) bond motifs is 1. The highest BCUT2D eigenvalue weighted by Gasteiger charge is 2.36. The Morgan fingerprint density at radius 3 is 2.20 bits per heavy atom. The lowest BCUT2D eigenvalue weighted by molar-refractivity contribution is -0.131. The minimum absolute atomic E-state index is 0. The van der Waals surface area contributed by atoms with Crippen LogP contribution in [0, 0.1) is 11.8 Å². The van der Waals surface area contributed by atoms with Crippen molar-refractivity contribution in [2.45, 2.75) is 18.9 Å². The van der Waals surface area contributed by atoms with E-state index in [0.717, 1.165) is 31.5 Å². The zero-order valence-corrected chi connectivity index (χ0v) is 12.3. The van der Waals surface area contributed by atoms with E-state index in [2.05, 4.69) is 12.2 Å². The Labute approximate surface area is 126 Å². The maximum absolute atomic E-state index is 12.5. The first-order chi connectivity index (χ1) is 9.25. The molecule has 1 aliphatic carbocycles. The summed E-state index contributed by atoms with van der Waals surface area (Å²) in [5.41, 5.74) is 7.00. The highest BCUT2D eigenvalue weighted by Crippen LogP contribution is 2.33. The summed E-state index contributed by atoms with van der Waals surface area (Å²) in [7, 11) is 0. The van der Waals surface area contributed by atoms with Crippen LogP contribution in [0.3, 0.4) is 0 Å². The second-order valence-electron chi connectivity index (χ2n) is 5.59. The Morgan fingerprint density at radius 1 is 1.10 bits per heavy atom. The van der Waals surface area contributed by atoms with Crippen molar-refractivity contribution in [3.63, 3.8) is 0 Å². The molecule has 2 aliphatic rings. The van der Waals surface area contributed by atoms with Gasteiger partial charge in [0.1, 0.15) is 6.04 Å². The molecule has 4 heteroatoms. The van der Waals surface area contributed by atoms with Crippen LogP contribution in [0.15, 0.2) is 42.5 Å². The minimum Gasteiger partial charge on any atom is -0.340 e.